The first kappa shape index (κ1) is 15.4. The molecule has 0 N–H and O–H groups in total. The predicted molar refractivity (Wildman–Crippen MR) is 79.6 cm³/mol. The molecule has 0 fully saturated rings. The normalized spacial score (nSPS) is 15.3. The number of hydrogen-bond acceptors (Lipinski definition) is 1. The van der Waals surface area contributed by atoms with Crippen LogP contribution in [0.1, 0.15) is 50.6 Å². The lowest BCUT2D eigenvalue weighted by Gasteiger charge is -2.29. The molecule has 102 valence electrons. The van der Waals surface area contributed by atoms with Gasteiger partial charge in [0.1, 0.15) is 5.75 Å². The van der Waals surface area contributed by atoms with Gasteiger partial charge in [0.05, 0.1) is 12.5 Å². The van der Waals surface area contributed by atoms with E-state index in [1.165, 1.54) is 5.56 Å². The van der Waals surface area contributed by atoms with E-state index in [4.69, 9.17) is 16.3 Å². The summed E-state index contributed by atoms with van der Waals surface area (Å²) in [7, 11) is 1.70. The van der Waals surface area contributed by atoms with Crippen LogP contribution in [0.25, 0.3) is 0 Å². The molecule has 0 saturated carbocycles. The van der Waals surface area contributed by atoms with Crippen LogP contribution in [-0.4, -0.2) is 7.11 Å². The largest absolute Gasteiger partial charge is 0.496 e. The zero-order valence-electron chi connectivity index (χ0n) is 12.4. The lowest BCUT2D eigenvalue weighted by Crippen LogP contribution is -2.18. The highest BCUT2D eigenvalue weighted by molar-refractivity contribution is 6.20. The van der Waals surface area contributed by atoms with E-state index in [-0.39, 0.29) is 5.38 Å². The first-order valence-electron chi connectivity index (χ1n) is 6.54. The van der Waals surface area contributed by atoms with Gasteiger partial charge in [-0.25, -0.2) is 0 Å². The standard InChI is InChI=1S/C16H25ClO/c1-11-9-13(7-8-15(11)18-6)14(17)10-12(2)16(3,4)5/h7-9,12,14H,10H2,1-6H3. The number of halogens is 1. The molecule has 18 heavy (non-hydrogen) atoms. The summed E-state index contributed by atoms with van der Waals surface area (Å²) in [5, 5.41) is 0.0730. The number of hydrogen-bond donors (Lipinski definition) is 0. The summed E-state index contributed by atoms with van der Waals surface area (Å²) in [6, 6.07) is 6.20. The van der Waals surface area contributed by atoms with Crippen LogP contribution in [0.15, 0.2) is 18.2 Å². The third-order valence-electron chi connectivity index (χ3n) is 3.82. The van der Waals surface area contributed by atoms with Crippen LogP contribution in [0, 0.1) is 18.3 Å². The van der Waals surface area contributed by atoms with Gasteiger partial charge in [0.15, 0.2) is 0 Å². The van der Waals surface area contributed by atoms with Gasteiger partial charge >= 0.3 is 0 Å². The maximum absolute atomic E-state index is 6.53. The third kappa shape index (κ3) is 3.91. The SMILES string of the molecule is COc1ccc(C(Cl)CC(C)C(C)(C)C)cc1C. The maximum Gasteiger partial charge on any atom is 0.121 e. The number of benzene rings is 1. The number of alkyl halides is 1. The molecule has 0 aromatic heterocycles. The topological polar surface area (TPSA) is 9.23 Å². The van der Waals surface area contributed by atoms with E-state index in [9.17, 15) is 0 Å². The van der Waals surface area contributed by atoms with Crippen molar-refractivity contribution in [2.45, 2.75) is 46.4 Å². The molecule has 0 saturated heterocycles. The first-order chi connectivity index (χ1) is 8.25. The van der Waals surface area contributed by atoms with Gasteiger partial charge in [0.2, 0.25) is 0 Å². The highest BCUT2D eigenvalue weighted by Gasteiger charge is 2.23. The summed E-state index contributed by atoms with van der Waals surface area (Å²) in [5.41, 5.74) is 2.63. The van der Waals surface area contributed by atoms with E-state index >= 15 is 0 Å². The molecule has 0 heterocycles. The zero-order chi connectivity index (χ0) is 13.9. The van der Waals surface area contributed by atoms with Crippen LogP contribution in [-0.2, 0) is 0 Å². The molecule has 1 nitrogen and oxygen atoms in total. The molecule has 2 heteroatoms. The summed E-state index contributed by atoms with van der Waals surface area (Å²) in [4.78, 5) is 0. The van der Waals surface area contributed by atoms with Crippen LogP contribution < -0.4 is 4.74 Å². The number of rotatable bonds is 4. The van der Waals surface area contributed by atoms with E-state index in [1.54, 1.807) is 7.11 Å². The fourth-order valence-electron chi connectivity index (χ4n) is 1.90. The molecule has 1 aromatic carbocycles. The Morgan fingerprint density at radius 3 is 2.33 bits per heavy atom. The highest BCUT2D eigenvalue weighted by atomic mass is 35.5. The first-order valence-corrected chi connectivity index (χ1v) is 6.98. The second-order valence-corrected chi connectivity index (χ2v) is 6.73. The van der Waals surface area contributed by atoms with Gasteiger partial charge in [-0.3, -0.25) is 0 Å². The molecule has 0 spiro atoms. The van der Waals surface area contributed by atoms with Crippen molar-refractivity contribution in [2.75, 3.05) is 7.11 Å². The number of ether oxygens (including phenoxy) is 1. The molecule has 2 unspecified atom stereocenters. The van der Waals surface area contributed by atoms with E-state index < -0.39 is 0 Å². The summed E-state index contributed by atoms with van der Waals surface area (Å²) >= 11 is 6.53. The Hall–Kier alpha value is -0.690. The average molecular weight is 269 g/mol. The second kappa shape index (κ2) is 5.97. The molecule has 0 aliphatic carbocycles. The highest BCUT2D eigenvalue weighted by Crippen LogP contribution is 2.37. The molecule has 0 bridgehead atoms. The molecule has 0 radical (unpaired) electrons. The molecule has 0 aliphatic heterocycles. The number of methoxy groups -OCH3 is 1. The lowest BCUT2D eigenvalue weighted by atomic mass is 9.79. The van der Waals surface area contributed by atoms with Crippen molar-refractivity contribution in [1.29, 1.82) is 0 Å². The van der Waals surface area contributed by atoms with Crippen LogP contribution in [0.5, 0.6) is 5.75 Å². The minimum absolute atomic E-state index is 0.0730. The van der Waals surface area contributed by atoms with Crippen molar-refractivity contribution in [2.24, 2.45) is 11.3 Å². The number of aryl methyl sites for hydroxylation is 1. The van der Waals surface area contributed by atoms with E-state index in [1.807, 2.05) is 6.07 Å². The van der Waals surface area contributed by atoms with Crippen molar-refractivity contribution in [3.05, 3.63) is 29.3 Å². The fraction of sp³-hybridized carbons (Fsp3) is 0.625. The Morgan fingerprint density at radius 2 is 1.89 bits per heavy atom. The minimum Gasteiger partial charge on any atom is -0.496 e. The summed E-state index contributed by atoms with van der Waals surface area (Å²) in [5.74, 6) is 1.51. The predicted octanol–water partition coefficient (Wildman–Crippen LogP) is 5.36. The second-order valence-electron chi connectivity index (χ2n) is 6.20. The smallest absolute Gasteiger partial charge is 0.121 e. The lowest BCUT2D eigenvalue weighted by molar-refractivity contribution is 0.245. The van der Waals surface area contributed by atoms with Gasteiger partial charge in [-0.1, -0.05) is 39.8 Å². The molecule has 0 amide bonds. The Kier molecular flexibility index (Phi) is 5.10. The van der Waals surface area contributed by atoms with Crippen LogP contribution >= 0.6 is 11.6 Å². The molecular weight excluding hydrogens is 244 g/mol. The van der Waals surface area contributed by atoms with E-state index in [2.05, 4.69) is 46.8 Å². The van der Waals surface area contributed by atoms with E-state index in [0.29, 0.717) is 11.3 Å². The van der Waals surface area contributed by atoms with Gasteiger partial charge < -0.3 is 4.74 Å². The Balaban J connectivity index is 2.79. The molecule has 1 aromatic rings. The average Bonchev–Trinajstić information content (AvgIpc) is 2.27. The van der Waals surface area contributed by atoms with E-state index in [0.717, 1.165) is 17.7 Å². The Morgan fingerprint density at radius 1 is 1.28 bits per heavy atom. The monoisotopic (exact) mass is 268 g/mol. The van der Waals surface area contributed by atoms with Crippen LogP contribution in [0.4, 0.5) is 0 Å². The quantitative estimate of drug-likeness (QED) is 0.669. The van der Waals surface area contributed by atoms with Gasteiger partial charge in [-0.2, -0.15) is 0 Å². The van der Waals surface area contributed by atoms with Gasteiger partial charge in [0.25, 0.3) is 0 Å². The molecular formula is C16H25ClO. The summed E-state index contributed by atoms with van der Waals surface area (Å²) in [6.45, 7) is 11.1. The van der Waals surface area contributed by atoms with Gasteiger partial charge in [-0.05, 0) is 41.9 Å². The van der Waals surface area contributed by atoms with Crippen LogP contribution in [0.2, 0.25) is 0 Å². The maximum atomic E-state index is 6.53. The minimum atomic E-state index is 0.0730. The van der Waals surface area contributed by atoms with Crippen molar-refractivity contribution in [1.82, 2.24) is 0 Å². The molecule has 2 atom stereocenters. The van der Waals surface area contributed by atoms with Crippen molar-refractivity contribution in [3.63, 3.8) is 0 Å². The third-order valence-corrected chi connectivity index (χ3v) is 4.25. The van der Waals surface area contributed by atoms with Gasteiger partial charge in [0, 0.05) is 0 Å². The van der Waals surface area contributed by atoms with Crippen molar-refractivity contribution >= 4 is 11.6 Å². The molecule has 1 rings (SSSR count). The molecule has 0 aliphatic rings. The summed E-state index contributed by atoms with van der Waals surface area (Å²) < 4.78 is 5.27. The zero-order valence-corrected chi connectivity index (χ0v) is 13.1. The summed E-state index contributed by atoms with van der Waals surface area (Å²) in [6.07, 6.45) is 0.997. The Labute approximate surface area is 116 Å². The van der Waals surface area contributed by atoms with Gasteiger partial charge in [-0.15, -0.1) is 11.6 Å². The van der Waals surface area contributed by atoms with Crippen LogP contribution in [0.3, 0.4) is 0 Å². The van der Waals surface area contributed by atoms with Crippen molar-refractivity contribution < 1.29 is 4.74 Å². The van der Waals surface area contributed by atoms with Crippen molar-refractivity contribution in [3.8, 4) is 5.75 Å². The fourth-order valence-corrected chi connectivity index (χ4v) is 2.30. The Bertz CT molecular complexity index is 393.